The fraction of sp³-hybridized carbons (Fsp3) is 0.300. The van der Waals surface area contributed by atoms with Gasteiger partial charge in [-0.15, -0.1) is 0 Å². The van der Waals surface area contributed by atoms with Crippen LogP contribution in [0.4, 0.5) is 0 Å². The highest BCUT2D eigenvalue weighted by Crippen LogP contribution is 2.46. The Balaban J connectivity index is 2.15. The molecule has 0 N–H and O–H groups in total. The molecule has 0 bridgehead atoms. The third-order valence-electron chi connectivity index (χ3n) is 4.37. The lowest BCUT2D eigenvalue weighted by Gasteiger charge is -2.42. The van der Waals surface area contributed by atoms with E-state index in [0.29, 0.717) is 0 Å². The van der Waals surface area contributed by atoms with E-state index in [1.165, 1.54) is 0 Å². The summed E-state index contributed by atoms with van der Waals surface area (Å²) in [5, 5.41) is 0. The number of hydrogen-bond donors (Lipinski definition) is 0. The number of carbonyl (C=O) groups is 2. The minimum absolute atomic E-state index is 0.490. The van der Waals surface area contributed by atoms with Crippen molar-refractivity contribution in [3.8, 4) is 0 Å². The summed E-state index contributed by atoms with van der Waals surface area (Å²) in [6.07, 6.45) is 0. The number of rotatable bonds is 3. The molecule has 4 nitrogen and oxygen atoms in total. The third kappa shape index (κ3) is 2.68. The van der Waals surface area contributed by atoms with E-state index >= 15 is 0 Å². The number of carbonyl (C=O) groups excluding carboxylic acids is 2. The van der Waals surface area contributed by atoms with E-state index in [9.17, 15) is 9.59 Å². The Kier molecular flexibility index (Phi) is 3.91. The first-order chi connectivity index (χ1) is 11.3. The van der Waals surface area contributed by atoms with Gasteiger partial charge < -0.3 is 9.47 Å². The predicted molar refractivity (Wildman–Crippen MR) is 89.1 cm³/mol. The molecule has 1 saturated heterocycles. The van der Waals surface area contributed by atoms with Crippen LogP contribution in [-0.2, 0) is 19.1 Å². The fourth-order valence-corrected chi connectivity index (χ4v) is 3.15. The third-order valence-corrected chi connectivity index (χ3v) is 4.37. The van der Waals surface area contributed by atoms with Crippen molar-refractivity contribution in [1.82, 2.24) is 0 Å². The molecule has 0 atom stereocenters. The van der Waals surface area contributed by atoms with Gasteiger partial charge in [0.25, 0.3) is 5.79 Å². The van der Waals surface area contributed by atoms with Crippen LogP contribution in [0.25, 0.3) is 0 Å². The zero-order chi connectivity index (χ0) is 17.4. The summed E-state index contributed by atoms with van der Waals surface area (Å²) in [7, 11) is 0. The van der Waals surface area contributed by atoms with E-state index in [1.807, 2.05) is 60.7 Å². The first-order valence-corrected chi connectivity index (χ1v) is 7.91. The standard InChI is InChI=1S/C20H20O4/c1-19(2)23-17(21)20(3,18(22)24-19)16(14-10-6-4-7-11-14)15-12-8-5-9-13-15/h4-13,16H,1-3H3. The van der Waals surface area contributed by atoms with Crippen LogP contribution in [-0.4, -0.2) is 17.7 Å². The Labute approximate surface area is 141 Å². The minimum Gasteiger partial charge on any atom is -0.422 e. The molecule has 0 saturated carbocycles. The molecule has 0 unspecified atom stereocenters. The lowest BCUT2D eigenvalue weighted by molar-refractivity contribution is -0.250. The second kappa shape index (κ2) is 5.78. The van der Waals surface area contributed by atoms with Crippen molar-refractivity contribution in [1.29, 1.82) is 0 Å². The molecule has 1 aliphatic heterocycles. The average Bonchev–Trinajstić information content (AvgIpc) is 2.54. The van der Waals surface area contributed by atoms with E-state index < -0.39 is 29.1 Å². The summed E-state index contributed by atoms with van der Waals surface area (Å²) < 4.78 is 10.8. The molecule has 1 fully saturated rings. The van der Waals surface area contributed by atoms with Crippen molar-refractivity contribution in [2.24, 2.45) is 5.41 Å². The molecule has 0 amide bonds. The van der Waals surface area contributed by atoms with Gasteiger partial charge in [0, 0.05) is 19.8 Å². The van der Waals surface area contributed by atoms with Crippen molar-refractivity contribution in [3.05, 3.63) is 71.8 Å². The molecule has 0 radical (unpaired) electrons. The SMILES string of the molecule is CC1(C)OC(=O)C(C)(C(c2ccccc2)c2ccccc2)C(=O)O1. The number of ether oxygens (including phenoxy) is 2. The monoisotopic (exact) mass is 324 g/mol. The van der Waals surface area contributed by atoms with Gasteiger partial charge in [-0.2, -0.15) is 0 Å². The average molecular weight is 324 g/mol. The van der Waals surface area contributed by atoms with Crippen LogP contribution in [0.5, 0.6) is 0 Å². The fourth-order valence-electron chi connectivity index (χ4n) is 3.15. The van der Waals surface area contributed by atoms with Crippen LogP contribution < -0.4 is 0 Å². The zero-order valence-corrected chi connectivity index (χ0v) is 14.0. The van der Waals surface area contributed by atoms with E-state index in [-0.39, 0.29) is 0 Å². The van der Waals surface area contributed by atoms with E-state index in [0.717, 1.165) is 11.1 Å². The molecular weight excluding hydrogens is 304 g/mol. The minimum atomic E-state index is -1.45. The molecule has 1 heterocycles. The first-order valence-electron chi connectivity index (χ1n) is 7.91. The number of cyclic esters (lactones) is 2. The molecule has 24 heavy (non-hydrogen) atoms. The maximum absolute atomic E-state index is 12.8. The highest BCUT2D eigenvalue weighted by Gasteiger charge is 2.58. The maximum Gasteiger partial charge on any atom is 0.327 e. The summed E-state index contributed by atoms with van der Waals surface area (Å²) in [5.74, 6) is -2.87. The predicted octanol–water partition coefficient (Wildman–Crippen LogP) is 3.66. The number of benzene rings is 2. The Morgan fingerprint density at radius 2 is 1.08 bits per heavy atom. The van der Waals surface area contributed by atoms with E-state index in [4.69, 9.17) is 9.47 Å². The van der Waals surface area contributed by atoms with Gasteiger partial charge in [-0.1, -0.05) is 60.7 Å². The smallest absolute Gasteiger partial charge is 0.327 e. The summed E-state index contributed by atoms with van der Waals surface area (Å²) in [4.78, 5) is 25.6. The summed E-state index contributed by atoms with van der Waals surface area (Å²) in [6.45, 7) is 4.71. The Morgan fingerprint density at radius 3 is 1.46 bits per heavy atom. The van der Waals surface area contributed by atoms with Gasteiger partial charge >= 0.3 is 11.9 Å². The normalized spacial score (nSPS) is 18.8. The van der Waals surface area contributed by atoms with Crippen molar-refractivity contribution in [3.63, 3.8) is 0 Å². The zero-order valence-electron chi connectivity index (χ0n) is 14.0. The van der Waals surface area contributed by atoms with Crippen LogP contribution in [0.2, 0.25) is 0 Å². The molecule has 0 aliphatic carbocycles. The van der Waals surface area contributed by atoms with E-state index in [1.54, 1.807) is 20.8 Å². The lowest BCUT2D eigenvalue weighted by Crippen LogP contribution is -2.55. The van der Waals surface area contributed by atoms with Gasteiger partial charge in [0.15, 0.2) is 5.41 Å². The molecule has 2 aromatic carbocycles. The molecule has 2 aromatic rings. The van der Waals surface area contributed by atoms with E-state index in [2.05, 4.69) is 0 Å². The topological polar surface area (TPSA) is 52.6 Å². The molecule has 4 heteroatoms. The van der Waals surface area contributed by atoms with Crippen LogP contribution >= 0.6 is 0 Å². The van der Waals surface area contributed by atoms with Gasteiger partial charge in [-0.25, -0.2) is 0 Å². The molecule has 124 valence electrons. The van der Waals surface area contributed by atoms with Crippen molar-refractivity contribution >= 4 is 11.9 Å². The second-order valence-corrected chi connectivity index (χ2v) is 6.64. The number of hydrogen-bond acceptors (Lipinski definition) is 4. The highest BCUT2D eigenvalue weighted by atomic mass is 16.7. The van der Waals surface area contributed by atoms with Crippen molar-refractivity contribution in [2.75, 3.05) is 0 Å². The van der Waals surface area contributed by atoms with Gasteiger partial charge in [-0.05, 0) is 18.1 Å². The van der Waals surface area contributed by atoms with Crippen LogP contribution in [0, 0.1) is 5.41 Å². The molecule has 0 aromatic heterocycles. The second-order valence-electron chi connectivity index (χ2n) is 6.64. The number of esters is 2. The summed E-state index contributed by atoms with van der Waals surface area (Å²) >= 11 is 0. The highest BCUT2D eigenvalue weighted by molar-refractivity contribution is 6.03. The van der Waals surface area contributed by atoms with Crippen molar-refractivity contribution < 1.29 is 19.1 Å². The van der Waals surface area contributed by atoms with Crippen molar-refractivity contribution in [2.45, 2.75) is 32.5 Å². The molecule has 1 aliphatic rings. The van der Waals surface area contributed by atoms with Crippen LogP contribution in [0.3, 0.4) is 0 Å². The van der Waals surface area contributed by atoms with Crippen LogP contribution in [0.15, 0.2) is 60.7 Å². The lowest BCUT2D eigenvalue weighted by atomic mass is 9.69. The quantitative estimate of drug-likeness (QED) is 0.639. The van der Waals surface area contributed by atoms with Crippen LogP contribution in [0.1, 0.15) is 37.8 Å². The Morgan fingerprint density at radius 1 is 0.708 bits per heavy atom. The largest absolute Gasteiger partial charge is 0.422 e. The molecule has 0 spiro atoms. The van der Waals surface area contributed by atoms with Gasteiger partial charge in [-0.3, -0.25) is 9.59 Å². The summed E-state index contributed by atoms with van der Waals surface area (Å²) in [6, 6.07) is 19.0. The Hall–Kier alpha value is -2.62. The first kappa shape index (κ1) is 16.2. The van der Waals surface area contributed by atoms with Gasteiger partial charge in [0.05, 0.1) is 0 Å². The molecule has 3 rings (SSSR count). The maximum atomic E-state index is 12.8. The Bertz CT molecular complexity index is 690. The van der Waals surface area contributed by atoms with Gasteiger partial charge in [0.1, 0.15) is 0 Å². The van der Waals surface area contributed by atoms with Gasteiger partial charge in [0.2, 0.25) is 0 Å². The summed E-state index contributed by atoms with van der Waals surface area (Å²) in [5.41, 5.74) is 0.276. The molecular formula is C20H20O4.